The number of hydrogen-bond donors (Lipinski definition) is 2. The summed E-state index contributed by atoms with van der Waals surface area (Å²) >= 11 is 0. The number of benzene rings is 1. The molecule has 1 heterocycles. The fourth-order valence-corrected chi connectivity index (χ4v) is 2.65. The van der Waals surface area contributed by atoms with E-state index < -0.39 is 0 Å². The number of nitrogens with two attached hydrogens (primary N) is 1. The second-order valence-electron chi connectivity index (χ2n) is 5.84. The summed E-state index contributed by atoms with van der Waals surface area (Å²) in [5.41, 5.74) is 6.72. The van der Waals surface area contributed by atoms with Gasteiger partial charge in [-0.05, 0) is 24.6 Å². The smallest absolute Gasteiger partial charge is 0.254 e. The van der Waals surface area contributed by atoms with Gasteiger partial charge in [0.25, 0.3) is 5.91 Å². The van der Waals surface area contributed by atoms with Crippen molar-refractivity contribution in [2.45, 2.75) is 6.92 Å². The van der Waals surface area contributed by atoms with Crippen LogP contribution >= 0.6 is 12.4 Å². The van der Waals surface area contributed by atoms with E-state index in [1.807, 2.05) is 13.0 Å². The second kappa shape index (κ2) is 9.98. The second-order valence-corrected chi connectivity index (χ2v) is 5.84. The summed E-state index contributed by atoms with van der Waals surface area (Å²) in [4.78, 5) is 39.1. The molecule has 0 atom stereocenters. The van der Waals surface area contributed by atoms with E-state index in [1.165, 1.54) is 0 Å². The monoisotopic (exact) mass is 384 g/mol. The summed E-state index contributed by atoms with van der Waals surface area (Å²) in [5, 5.41) is 2.46. The highest BCUT2D eigenvalue weighted by molar-refractivity contribution is 5.95. The maximum Gasteiger partial charge on any atom is 0.254 e. The van der Waals surface area contributed by atoms with Gasteiger partial charge in [-0.15, -0.1) is 12.4 Å². The van der Waals surface area contributed by atoms with E-state index in [1.54, 1.807) is 29.0 Å². The third-order valence-electron chi connectivity index (χ3n) is 4.20. The molecular weight excluding hydrogens is 360 g/mol. The molecule has 144 valence electrons. The molecule has 0 radical (unpaired) electrons. The Labute approximate surface area is 159 Å². The number of amides is 3. The molecule has 8 nitrogen and oxygen atoms in total. The summed E-state index contributed by atoms with van der Waals surface area (Å²) in [5.74, 6) is 0.0542. The molecule has 0 spiro atoms. The molecular formula is C17H25ClN4O4. The topological polar surface area (TPSA) is 105 Å². The standard InChI is InChI=1S/C17H24N4O4.ClH/c1-12-3-4-13(9-14(12)25-2)17(24)21-7-5-20(6-8-21)16(23)11-19-15(22)10-18;/h3-4,9H,5-8,10-11,18H2,1-2H3,(H,19,22);1H. The summed E-state index contributed by atoms with van der Waals surface area (Å²) in [6.45, 7) is 3.48. The van der Waals surface area contributed by atoms with Crippen LogP contribution in [0.25, 0.3) is 0 Å². The Morgan fingerprint density at radius 2 is 1.77 bits per heavy atom. The highest BCUT2D eigenvalue weighted by Crippen LogP contribution is 2.20. The van der Waals surface area contributed by atoms with Crippen LogP contribution in [-0.4, -0.2) is 73.9 Å². The predicted molar refractivity (Wildman–Crippen MR) is 99.5 cm³/mol. The van der Waals surface area contributed by atoms with Gasteiger partial charge in [0.1, 0.15) is 5.75 Å². The van der Waals surface area contributed by atoms with Crippen molar-refractivity contribution in [2.24, 2.45) is 5.73 Å². The van der Waals surface area contributed by atoms with Crippen LogP contribution in [0.4, 0.5) is 0 Å². The molecule has 0 aromatic heterocycles. The number of ether oxygens (including phenoxy) is 1. The van der Waals surface area contributed by atoms with E-state index in [-0.39, 0.29) is 43.2 Å². The van der Waals surface area contributed by atoms with Crippen molar-refractivity contribution < 1.29 is 19.1 Å². The van der Waals surface area contributed by atoms with Crippen molar-refractivity contribution in [3.8, 4) is 5.75 Å². The van der Waals surface area contributed by atoms with Crippen molar-refractivity contribution >= 4 is 30.1 Å². The molecule has 1 aromatic rings. The zero-order chi connectivity index (χ0) is 18.4. The molecule has 3 amide bonds. The van der Waals surface area contributed by atoms with Crippen molar-refractivity contribution in [2.75, 3.05) is 46.4 Å². The van der Waals surface area contributed by atoms with Gasteiger partial charge in [0.15, 0.2) is 0 Å². The number of halogens is 1. The van der Waals surface area contributed by atoms with Crippen LogP contribution in [-0.2, 0) is 9.59 Å². The Balaban J connectivity index is 0.00000338. The van der Waals surface area contributed by atoms with Crippen molar-refractivity contribution in [1.82, 2.24) is 15.1 Å². The highest BCUT2D eigenvalue weighted by Gasteiger charge is 2.25. The molecule has 0 aliphatic carbocycles. The minimum atomic E-state index is -0.365. The molecule has 0 bridgehead atoms. The van der Waals surface area contributed by atoms with Gasteiger partial charge in [-0.25, -0.2) is 0 Å². The van der Waals surface area contributed by atoms with Gasteiger partial charge in [0, 0.05) is 31.7 Å². The van der Waals surface area contributed by atoms with Gasteiger partial charge in [-0.3, -0.25) is 14.4 Å². The van der Waals surface area contributed by atoms with Crippen LogP contribution in [0, 0.1) is 6.92 Å². The number of aryl methyl sites for hydroxylation is 1. The number of rotatable bonds is 5. The number of nitrogens with zero attached hydrogens (tertiary/aromatic N) is 2. The zero-order valence-electron chi connectivity index (χ0n) is 15.0. The molecule has 0 saturated carbocycles. The lowest BCUT2D eigenvalue weighted by molar-refractivity contribution is -0.133. The molecule has 1 aromatic carbocycles. The van der Waals surface area contributed by atoms with Gasteiger partial charge in [-0.1, -0.05) is 6.07 Å². The fourth-order valence-electron chi connectivity index (χ4n) is 2.65. The van der Waals surface area contributed by atoms with Crippen LogP contribution in [0.2, 0.25) is 0 Å². The quantitative estimate of drug-likeness (QED) is 0.730. The van der Waals surface area contributed by atoms with E-state index >= 15 is 0 Å². The Morgan fingerprint density at radius 1 is 1.15 bits per heavy atom. The number of methoxy groups -OCH3 is 1. The molecule has 9 heteroatoms. The number of carbonyl (C=O) groups excluding carboxylic acids is 3. The van der Waals surface area contributed by atoms with Crippen molar-refractivity contribution in [1.29, 1.82) is 0 Å². The first kappa shape index (κ1) is 21.7. The van der Waals surface area contributed by atoms with E-state index in [0.29, 0.717) is 37.5 Å². The molecule has 1 fully saturated rings. The lowest BCUT2D eigenvalue weighted by atomic mass is 10.1. The largest absolute Gasteiger partial charge is 0.496 e. The van der Waals surface area contributed by atoms with Crippen LogP contribution < -0.4 is 15.8 Å². The first-order chi connectivity index (χ1) is 12.0. The van der Waals surface area contributed by atoms with Gasteiger partial charge in [-0.2, -0.15) is 0 Å². The fraction of sp³-hybridized carbons (Fsp3) is 0.471. The Morgan fingerprint density at radius 3 is 2.35 bits per heavy atom. The van der Waals surface area contributed by atoms with E-state index in [9.17, 15) is 14.4 Å². The zero-order valence-corrected chi connectivity index (χ0v) is 15.8. The van der Waals surface area contributed by atoms with Crippen LogP contribution in [0.3, 0.4) is 0 Å². The molecule has 1 aliphatic rings. The number of nitrogens with one attached hydrogen (secondary N) is 1. The Bertz CT molecular complexity index is 660. The van der Waals surface area contributed by atoms with Gasteiger partial charge < -0.3 is 25.6 Å². The van der Waals surface area contributed by atoms with Crippen LogP contribution in [0.15, 0.2) is 18.2 Å². The van der Waals surface area contributed by atoms with Gasteiger partial charge >= 0.3 is 0 Å². The van der Waals surface area contributed by atoms with Crippen LogP contribution in [0.1, 0.15) is 15.9 Å². The normalized spacial score (nSPS) is 13.7. The molecule has 3 N–H and O–H groups in total. The average molecular weight is 385 g/mol. The van der Waals surface area contributed by atoms with Crippen molar-refractivity contribution in [3.05, 3.63) is 29.3 Å². The van der Waals surface area contributed by atoms with Crippen molar-refractivity contribution in [3.63, 3.8) is 0 Å². The number of hydrogen-bond acceptors (Lipinski definition) is 5. The Hall–Kier alpha value is -2.32. The summed E-state index contributed by atoms with van der Waals surface area (Å²) in [6, 6.07) is 5.36. The molecule has 2 rings (SSSR count). The maximum absolute atomic E-state index is 12.6. The number of carbonyl (C=O) groups is 3. The summed E-state index contributed by atoms with van der Waals surface area (Å²) < 4.78 is 5.26. The third-order valence-corrected chi connectivity index (χ3v) is 4.20. The minimum Gasteiger partial charge on any atom is -0.496 e. The SMILES string of the molecule is COc1cc(C(=O)N2CCN(C(=O)CNC(=O)CN)CC2)ccc1C.Cl. The molecule has 0 unspecified atom stereocenters. The lowest BCUT2D eigenvalue weighted by Crippen LogP contribution is -2.52. The van der Waals surface area contributed by atoms with E-state index in [2.05, 4.69) is 5.32 Å². The summed E-state index contributed by atoms with van der Waals surface area (Å²) in [7, 11) is 1.57. The van der Waals surface area contributed by atoms with E-state index in [0.717, 1.165) is 5.56 Å². The van der Waals surface area contributed by atoms with Gasteiger partial charge in [0.2, 0.25) is 11.8 Å². The maximum atomic E-state index is 12.6. The molecule has 1 saturated heterocycles. The van der Waals surface area contributed by atoms with Crippen LogP contribution in [0.5, 0.6) is 5.75 Å². The lowest BCUT2D eigenvalue weighted by Gasteiger charge is -2.35. The minimum absolute atomic E-state index is 0. The number of piperazine rings is 1. The average Bonchev–Trinajstić information content (AvgIpc) is 2.65. The van der Waals surface area contributed by atoms with Gasteiger partial charge in [0.05, 0.1) is 20.2 Å². The predicted octanol–water partition coefficient (Wildman–Crippen LogP) is -0.215. The highest BCUT2D eigenvalue weighted by atomic mass is 35.5. The Kier molecular flexibility index (Phi) is 8.34. The summed E-state index contributed by atoms with van der Waals surface area (Å²) in [6.07, 6.45) is 0. The first-order valence-corrected chi connectivity index (χ1v) is 8.14. The first-order valence-electron chi connectivity index (χ1n) is 8.14. The van der Waals surface area contributed by atoms with E-state index in [4.69, 9.17) is 10.5 Å². The molecule has 1 aliphatic heterocycles. The third kappa shape index (κ3) is 5.34. The molecule has 26 heavy (non-hydrogen) atoms.